The minimum atomic E-state index is -3.46. The van der Waals surface area contributed by atoms with Gasteiger partial charge in [0.05, 0.1) is 6.04 Å². The molecule has 1 fully saturated rings. The van der Waals surface area contributed by atoms with Crippen molar-refractivity contribution in [2.24, 2.45) is 0 Å². The lowest BCUT2D eigenvalue weighted by Crippen LogP contribution is -2.55. The van der Waals surface area contributed by atoms with Crippen molar-refractivity contribution in [1.82, 2.24) is 20.9 Å². The third-order valence-corrected chi connectivity index (χ3v) is 8.22. The van der Waals surface area contributed by atoms with Crippen LogP contribution in [0.4, 0.5) is 4.79 Å². The molecule has 4 amide bonds. The Morgan fingerprint density at radius 1 is 0.851 bits per heavy atom. The van der Waals surface area contributed by atoms with Crippen LogP contribution in [0.1, 0.15) is 29.5 Å². The standard InChI is InChI=1S/C35H40N4O7S/c1-47(44,45)21-19-29(22-26-12-5-2-6-13-26)37-33(41)30(23-27-14-7-3-8-15-27)38-34(42)31-18-11-20-39(31)32(40)24-36-35(43)46-25-28-16-9-4-10-17-28/h2-10,12-17,19,21,29-31H,11,18,20,22-25H2,1H3,(H,36,43)(H,37,41)(H,38,42)/b21-19+/t29?,30-,31-/m0/s1. The van der Waals surface area contributed by atoms with Gasteiger partial charge in [-0.2, -0.15) is 0 Å². The number of hydrogen-bond acceptors (Lipinski definition) is 7. The smallest absolute Gasteiger partial charge is 0.407 e. The van der Waals surface area contributed by atoms with E-state index in [9.17, 15) is 27.6 Å². The van der Waals surface area contributed by atoms with E-state index in [-0.39, 0.29) is 19.6 Å². The van der Waals surface area contributed by atoms with Crippen LogP contribution in [-0.4, -0.2) is 74.6 Å². The zero-order valence-electron chi connectivity index (χ0n) is 26.2. The highest BCUT2D eigenvalue weighted by Gasteiger charge is 2.36. The van der Waals surface area contributed by atoms with Gasteiger partial charge in [0.1, 0.15) is 25.2 Å². The molecule has 0 bridgehead atoms. The van der Waals surface area contributed by atoms with Gasteiger partial charge in [0.2, 0.25) is 17.7 Å². The average molecular weight is 661 g/mol. The molecule has 1 unspecified atom stereocenters. The van der Waals surface area contributed by atoms with Crippen molar-refractivity contribution in [3.8, 4) is 0 Å². The molecule has 3 aromatic carbocycles. The molecule has 12 heteroatoms. The lowest BCUT2D eigenvalue weighted by atomic mass is 10.0. The zero-order chi connectivity index (χ0) is 33.6. The van der Waals surface area contributed by atoms with Crippen LogP contribution in [0.3, 0.4) is 0 Å². The minimum Gasteiger partial charge on any atom is -0.445 e. The summed E-state index contributed by atoms with van der Waals surface area (Å²) in [6, 6.07) is 25.1. The summed E-state index contributed by atoms with van der Waals surface area (Å²) < 4.78 is 28.9. The van der Waals surface area contributed by atoms with E-state index in [1.165, 1.54) is 11.0 Å². The Morgan fingerprint density at radius 2 is 1.43 bits per heavy atom. The molecule has 248 valence electrons. The molecule has 1 aliphatic rings. The van der Waals surface area contributed by atoms with E-state index in [0.717, 1.165) is 28.4 Å². The number of amides is 4. The number of nitrogens with one attached hydrogen (secondary N) is 3. The van der Waals surface area contributed by atoms with E-state index in [0.29, 0.717) is 25.8 Å². The fraction of sp³-hybridized carbons (Fsp3) is 0.314. The van der Waals surface area contributed by atoms with Crippen LogP contribution < -0.4 is 16.0 Å². The van der Waals surface area contributed by atoms with Gasteiger partial charge < -0.3 is 25.6 Å². The SMILES string of the molecule is CS(=O)(=O)/C=C/C(Cc1ccccc1)NC(=O)[C@H](Cc1ccccc1)NC(=O)[C@@H]1CCCN1C(=O)CNC(=O)OCc1ccccc1. The molecular formula is C35H40N4O7S. The summed E-state index contributed by atoms with van der Waals surface area (Å²) in [5, 5.41) is 9.24. The number of sulfone groups is 1. The highest BCUT2D eigenvalue weighted by molar-refractivity contribution is 7.93. The van der Waals surface area contributed by atoms with Crippen LogP contribution in [0, 0.1) is 0 Å². The molecule has 0 saturated carbocycles. The molecule has 1 saturated heterocycles. The highest BCUT2D eigenvalue weighted by Crippen LogP contribution is 2.18. The molecule has 1 aliphatic heterocycles. The predicted molar refractivity (Wildman–Crippen MR) is 178 cm³/mol. The summed E-state index contributed by atoms with van der Waals surface area (Å²) in [5.41, 5.74) is 2.49. The molecule has 11 nitrogen and oxygen atoms in total. The van der Waals surface area contributed by atoms with Crippen molar-refractivity contribution < 1.29 is 32.3 Å². The first-order valence-corrected chi connectivity index (χ1v) is 17.3. The number of carbonyl (C=O) groups is 4. The third kappa shape index (κ3) is 11.7. The molecular weight excluding hydrogens is 620 g/mol. The Labute approximate surface area is 275 Å². The second-order valence-electron chi connectivity index (χ2n) is 11.4. The Balaban J connectivity index is 1.42. The van der Waals surface area contributed by atoms with Crippen LogP contribution in [0.5, 0.6) is 0 Å². The van der Waals surface area contributed by atoms with Gasteiger partial charge in [-0.05, 0) is 36.0 Å². The molecule has 3 aromatic rings. The second kappa shape index (κ2) is 17.1. The van der Waals surface area contributed by atoms with Gasteiger partial charge in [-0.1, -0.05) is 97.1 Å². The van der Waals surface area contributed by atoms with Crippen molar-refractivity contribution in [2.75, 3.05) is 19.3 Å². The number of rotatable bonds is 14. The number of hydrogen-bond donors (Lipinski definition) is 3. The topological polar surface area (TPSA) is 151 Å². The molecule has 1 heterocycles. The minimum absolute atomic E-state index is 0.0523. The van der Waals surface area contributed by atoms with Crippen LogP contribution in [0.15, 0.2) is 102 Å². The molecule has 4 rings (SSSR count). The third-order valence-electron chi connectivity index (χ3n) is 7.57. The van der Waals surface area contributed by atoms with Gasteiger partial charge in [-0.3, -0.25) is 14.4 Å². The van der Waals surface area contributed by atoms with E-state index in [1.54, 1.807) is 0 Å². The van der Waals surface area contributed by atoms with Gasteiger partial charge >= 0.3 is 6.09 Å². The maximum absolute atomic E-state index is 13.7. The van der Waals surface area contributed by atoms with Crippen molar-refractivity contribution in [1.29, 1.82) is 0 Å². The maximum Gasteiger partial charge on any atom is 0.407 e. The number of carbonyl (C=O) groups excluding carboxylic acids is 4. The van der Waals surface area contributed by atoms with Crippen LogP contribution in [0.25, 0.3) is 0 Å². The normalized spacial score (nSPS) is 15.9. The summed E-state index contributed by atoms with van der Waals surface area (Å²) in [7, 11) is -3.46. The van der Waals surface area contributed by atoms with Gasteiger partial charge in [0, 0.05) is 24.6 Å². The van der Waals surface area contributed by atoms with E-state index in [2.05, 4.69) is 16.0 Å². The van der Waals surface area contributed by atoms with Gasteiger partial charge in [-0.15, -0.1) is 0 Å². The fourth-order valence-corrected chi connectivity index (χ4v) is 5.72. The molecule has 3 N–H and O–H groups in total. The first-order chi connectivity index (χ1) is 22.6. The lowest BCUT2D eigenvalue weighted by molar-refractivity contribution is -0.138. The Hall–Kier alpha value is -4.97. The van der Waals surface area contributed by atoms with Crippen LogP contribution in [-0.2, 0) is 48.4 Å². The number of benzene rings is 3. The van der Waals surface area contributed by atoms with Crippen molar-refractivity contribution in [2.45, 2.75) is 50.4 Å². The first kappa shape index (κ1) is 34.9. The number of nitrogens with zero attached hydrogens (tertiary/aromatic N) is 1. The van der Waals surface area contributed by atoms with Crippen molar-refractivity contribution >= 4 is 33.7 Å². The highest BCUT2D eigenvalue weighted by atomic mass is 32.2. The van der Waals surface area contributed by atoms with Crippen LogP contribution in [0.2, 0.25) is 0 Å². The van der Waals surface area contributed by atoms with Gasteiger partial charge in [-0.25, -0.2) is 13.2 Å². The van der Waals surface area contributed by atoms with Crippen molar-refractivity contribution in [3.05, 3.63) is 119 Å². The molecule has 0 aliphatic carbocycles. The maximum atomic E-state index is 13.7. The van der Waals surface area contributed by atoms with E-state index in [1.807, 2.05) is 91.0 Å². The Bertz CT molecular complexity index is 1630. The largest absolute Gasteiger partial charge is 0.445 e. The monoisotopic (exact) mass is 660 g/mol. The number of alkyl carbamates (subject to hydrolysis) is 1. The van der Waals surface area contributed by atoms with Gasteiger partial charge in [0.15, 0.2) is 9.84 Å². The molecule has 0 spiro atoms. The van der Waals surface area contributed by atoms with E-state index < -0.39 is 51.8 Å². The number of ether oxygens (including phenoxy) is 1. The lowest BCUT2D eigenvalue weighted by Gasteiger charge is -2.27. The van der Waals surface area contributed by atoms with E-state index in [4.69, 9.17) is 4.74 Å². The quantitative estimate of drug-likeness (QED) is 0.241. The Kier molecular flexibility index (Phi) is 12.7. The number of likely N-dealkylation sites (tertiary alicyclic amines) is 1. The molecule has 47 heavy (non-hydrogen) atoms. The average Bonchev–Trinajstić information content (AvgIpc) is 3.56. The summed E-state index contributed by atoms with van der Waals surface area (Å²) in [4.78, 5) is 54.0. The summed E-state index contributed by atoms with van der Waals surface area (Å²) >= 11 is 0. The molecule has 0 radical (unpaired) electrons. The van der Waals surface area contributed by atoms with Crippen molar-refractivity contribution in [3.63, 3.8) is 0 Å². The predicted octanol–water partition coefficient (Wildman–Crippen LogP) is 2.92. The summed E-state index contributed by atoms with van der Waals surface area (Å²) in [5.74, 6) is -1.44. The molecule has 0 aromatic heterocycles. The summed E-state index contributed by atoms with van der Waals surface area (Å²) in [6.45, 7) is 0.0263. The fourth-order valence-electron chi connectivity index (χ4n) is 5.24. The Morgan fingerprint density at radius 3 is 2.02 bits per heavy atom. The summed E-state index contributed by atoms with van der Waals surface area (Å²) in [6.07, 6.45) is 3.21. The van der Waals surface area contributed by atoms with Crippen LogP contribution >= 0.6 is 0 Å². The zero-order valence-corrected chi connectivity index (χ0v) is 27.0. The van der Waals surface area contributed by atoms with Gasteiger partial charge in [0.25, 0.3) is 0 Å². The molecule has 3 atom stereocenters. The second-order valence-corrected chi connectivity index (χ2v) is 13.3. The van der Waals surface area contributed by atoms with E-state index >= 15 is 0 Å². The first-order valence-electron chi connectivity index (χ1n) is 15.4.